The highest BCUT2D eigenvalue weighted by Gasteiger charge is 2.24. The van der Waals surface area contributed by atoms with Gasteiger partial charge in [0, 0.05) is 12.3 Å². The number of phenols is 1. The number of ketones is 1. The minimum Gasteiger partial charge on any atom is -0.508 e. The number of carbonyl (C=O) groups is 1. The zero-order chi connectivity index (χ0) is 9.97. The van der Waals surface area contributed by atoms with Gasteiger partial charge in [0.1, 0.15) is 11.5 Å². The standard InChI is InChI=1S/C12H14O2/c13-11-6-1-3-9(7-11)8-12(14)10-4-2-5-10/h1,3,6-7,10,13H,2,4-5,8H2. The molecule has 0 radical (unpaired) electrons. The van der Waals surface area contributed by atoms with Crippen LogP contribution >= 0.6 is 0 Å². The van der Waals surface area contributed by atoms with E-state index in [0.29, 0.717) is 12.2 Å². The fourth-order valence-electron chi connectivity index (χ4n) is 1.74. The lowest BCUT2D eigenvalue weighted by atomic mass is 9.80. The molecule has 0 unspecified atom stereocenters. The molecule has 2 rings (SSSR count). The molecule has 0 heterocycles. The Labute approximate surface area is 83.6 Å². The lowest BCUT2D eigenvalue weighted by molar-refractivity contribution is -0.124. The first kappa shape index (κ1) is 9.25. The molecule has 74 valence electrons. The van der Waals surface area contributed by atoms with Crippen molar-refractivity contribution < 1.29 is 9.90 Å². The van der Waals surface area contributed by atoms with Gasteiger partial charge < -0.3 is 5.11 Å². The second-order valence-electron chi connectivity index (χ2n) is 3.94. The van der Waals surface area contributed by atoms with E-state index in [1.807, 2.05) is 6.07 Å². The maximum Gasteiger partial charge on any atom is 0.140 e. The Kier molecular flexibility index (Phi) is 2.53. The second kappa shape index (κ2) is 3.82. The van der Waals surface area contributed by atoms with Crippen molar-refractivity contribution in [1.82, 2.24) is 0 Å². The van der Waals surface area contributed by atoms with Crippen LogP contribution in [0.3, 0.4) is 0 Å². The number of hydrogen-bond acceptors (Lipinski definition) is 2. The molecule has 1 N–H and O–H groups in total. The van der Waals surface area contributed by atoms with Crippen LogP contribution in [0.2, 0.25) is 0 Å². The van der Waals surface area contributed by atoms with Crippen molar-refractivity contribution in [3.63, 3.8) is 0 Å². The molecular weight excluding hydrogens is 176 g/mol. The van der Waals surface area contributed by atoms with Gasteiger partial charge in [-0.2, -0.15) is 0 Å². The molecule has 1 aromatic rings. The van der Waals surface area contributed by atoms with Gasteiger partial charge >= 0.3 is 0 Å². The highest BCUT2D eigenvalue weighted by atomic mass is 16.3. The maximum absolute atomic E-state index is 11.6. The lowest BCUT2D eigenvalue weighted by Crippen LogP contribution is -2.23. The Morgan fingerprint density at radius 1 is 1.43 bits per heavy atom. The predicted octanol–water partition coefficient (Wildman–Crippen LogP) is 2.30. The molecule has 1 aliphatic carbocycles. The van der Waals surface area contributed by atoms with E-state index < -0.39 is 0 Å². The largest absolute Gasteiger partial charge is 0.508 e. The third kappa shape index (κ3) is 1.95. The Morgan fingerprint density at radius 3 is 2.79 bits per heavy atom. The molecule has 1 aliphatic rings. The van der Waals surface area contributed by atoms with E-state index >= 15 is 0 Å². The molecule has 1 fully saturated rings. The molecule has 14 heavy (non-hydrogen) atoms. The normalized spacial score (nSPS) is 16.3. The van der Waals surface area contributed by atoms with Crippen molar-refractivity contribution in [1.29, 1.82) is 0 Å². The minimum absolute atomic E-state index is 0.240. The van der Waals surface area contributed by atoms with E-state index in [1.165, 1.54) is 6.42 Å². The van der Waals surface area contributed by atoms with E-state index in [4.69, 9.17) is 0 Å². The number of carbonyl (C=O) groups excluding carboxylic acids is 1. The highest BCUT2D eigenvalue weighted by molar-refractivity contribution is 5.83. The molecule has 0 aromatic heterocycles. The molecular formula is C12H14O2. The van der Waals surface area contributed by atoms with Crippen LogP contribution in [0.25, 0.3) is 0 Å². The molecule has 2 nitrogen and oxygen atoms in total. The van der Waals surface area contributed by atoms with Gasteiger partial charge in [-0.3, -0.25) is 4.79 Å². The van der Waals surface area contributed by atoms with Gasteiger partial charge in [0.05, 0.1) is 0 Å². The number of benzene rings is 1. The Bertz CT molecular complexity index is 340. The van der Waals surface area contributed by atoms with Crippen LogP contribution in [0.4, 0.5) is 0 Å². The van der Waals surface area contributed by atoms with Gasteiger partial charge in [-0.1, -0.05) is 18.6 Å². The van der Waals surface area contributed by atoms with Gasteiger partial charge in [-0.25, -0.2) is 0 Å². The minimum atomic E-state index is 0.240. The summed E-state index contributed by atoms with van der Waals surface area (Å²) in [5, 5.41) is 9.22. The van der Waals surface area contributed by atoms with Crippen LogP contribution in [-0.4, -0.2) is 10.9 Å². The van der Waals surface area contributed by atoms with Crippen LogP contribution in [0.5, 0.6) is 5.75 Å². The van der Waals surface area contributed by atoms with Gasteiger partial charge in [0.15, 0.2) is 0 Å². The molecule has 0 saturated heterocycles. The average Bonchev–Trinajstić information content (AvgIpc) is 1.99. The highest BCUT2D eigenvalue weighted by Crippen LogP contribution is 2.28. The van der Waals surface area contributed by atoms with E-state index in [-0.39, 0.29) is 11.7 Å². The number of aromatic hydroxyl groups is 1. The third-order valence-electron chi connectivity index (χ3n) is 2.85. The van der Waals surface area contributed by atoms with E-state index in [9.17, 15) is 9.90 Å². The fraction of sp³-hybridized carbons (Fsp3) is 0.417. The fourth-order valence-corrected chi connectivity index (χ4v) is 1.74. The van der Waals surface area contributed by atoms with Crippen LogP contribution in [0, 0.1) is 5.92 Å². The van der Waals surface area contributed by atoms with Crippen molar-refractivity contribution in [2.45, 2.75) is 25.7 Å². The number of hydrogen-bond donors (Lipinski definition) is 1. The molecule has 0 atom stereocenters. The van der Waals surface area contributed by atoms with Gasteiger partial charge in [-0.15, -0.1) is 0 Å². The number of Topliss-reactive ketones (excluding diaryl/α,β-unsaturated/α-hetero) is 1. The Balaban J connectivity index is 1.99. The summed E-state index contributed by atoms with van der Waals surface area (Å²) >= 11 is 0. The molecule has 2 heteroatoms. The van der Waals surface area contributed by atoms with E-state index in [2.05, 4.69) is 0 Å². The zero-order valence-electron chi connectivity index (χ0n) is 8.07. The Hall–Kier alpha value is -1.31. The van der Waals surface area contributed by atoms with Gasteiger partial charge in [0.2, 0.25) is 0 Å². The summed E-state index contributed by atoms with van der Waals surface area (Å²) in [5.41, 5.74) is 0.918. The maximum atomic E-state index is 11.6. The topological polar surface area (TPSA) is 37.3 Å². The van der Waals surface area contributed by atoms with E-state index in [0.717, 1.165) is 18.4 Å². The average molecular weight is 190 g/mol. The van der Waals surface area contributed by atoms with Crippen LogP contribution < -0.4 is 0 Å². The summed E-state index contributed by atoms with van der Waals surface area (Å²) in [4.78, 5) is 11.6. The molecule has 0 aliphatic heterocycles. The SMILES string of the molecule is O=C(Cc1cccc(O)c1)C1CCC1. The summed E-state index contributed by atoms with van der Waals surface area (Å²) < 4.78 is 0. The summed E-state index contributed by atoms with van der Waals surface area (Å²) in [5.74, 6) is 0.850. The van der Waals surface area contributed by atoms with Gasteiger partial charge in [-0.05, 0) is 30.5 Å². The molecule has 0 spiro atoms. The van der Waals surface area contributed by atoms with Crippen molar-refractivity contribution >= 4 is 5.78 Å². The predicted molar refractivity (Wildman–Crippen MR) is 54.2 cm³/mol. The molecule has 1 saturated carbocycles. The monoisotopic (exact) mass is 190 g/mol. The first-order chi connectivity index (χ1) is 6.75. The quantitative estimate of drug-likeness (QED) is 0.794. The molecule has 1 aromatic carbocycles. The second-order valence-corrected chi connectivity index (χ2v) is 3.94. The van der Waals surface area contributed by atoms with Crippen molar-refractivity contribution in [3.05, 3.63) is 29.8 Å². The number of rotatable bonds is 3. The van der Waals surface area contributed by atoms with Crippen molar-refractivity contribution in [2.75, 3.05) is 0 Å². The summed E-state index contributed by atoms with van der Waals surface area (Å²) in [7, 11) is 0. The summed E-state index contributed by atoms with van der Waals surface area (Å²) in [6.45, 7) is 0. The van der Waals surface area contributed by atoms with Crippen LogP contribution in [0.1, 0.15) is 24.8 Å². The Morgan fingerprint density at radius 2 is 2.21 bits per heavy atom. The molecule has 0 amide bonds. The smallest absolute Gasteiger partial charge is 0.140 e. The number of phenolic OH excluding ortho intramolecular Hbond substituents is 1. The third-order valence-corrected chi connectivity index (χ3v) is 2.85. The van der Waals surface area contributed by atoms with Crippen molar-refractivity contribution in [3.8, 4) is 5.75 Å². The summed E-state index contributed by atoms with van der Waals surface area (Å²) in [6.07, 6.45) is 3.77. The van der Waals surface area contributed by atoms with Crippen LogP contribution in [0.15, 0.2) is 24.3 Å². The van der Waals surface area contributed by atoms with Gasteiger partial charge in [0.25, 0.3) is 0 Å². The zero-order valence-corrected chi connectivity index (χ0v) is 8.07. The van der Waals surface area contributed by atoms with Crippen molar-refractivity contribution in [2.24, 2.45) is 5.92 Å². The molecule has 0 bridgehead atoms. The first-order valence-electron chi connectivity index (χ1n) is 5.06. The first-order valence-corrected chi connectivity index (χ1v) is 5.06. The van der Waals surface area contributed by atoms with Crippen LogP contribution in [-0.2, 0) is 11.2 Å². The summed E-state index contributed by atoms with van der Waals surface area (Å²) in [6, 6.07) is 6.95. The van der Waals surface area contributed by atoms with E-state index in [1.54, 1.807) is 18.2 Å². The lowest BCUT2D eigenvalue weighted by Gasteiger charge is -2.23.